The summed E-state index contributed by atoms with van der Waals surface area (Å²) in [7, 11) is 0. The van der Waals surface area contributed by atoms with Crippen LogP contribution in [-0.4, -0.2) is 33.4 Å². The lowest BCUT2D eigenvalue weighted by atomic mass is 10.3. The van der Waals surface area contributed by atoms with Crippen LogP contribution in [0.2, 0.25) is 0 Å². The highest BCUT2D eigenvalue weighted by Crippen LogP contribution is 2.05. The van der Waals surface area contributed by atoms with E-state index in [0.29, 0.717) is 0 Å². The van der Waals surface area contributed by atoms with Crippen molar-refractivity contribution in [3.05, 3.63) is 30.6 Å². The molecule has 0 bridgehead atoms. The van der Waals surface area contributed by atoms with E-state index in [1.807, 2.05) is 24.3 Å². The summed E-state index contributed by atoms with van der Waals surface area (Å²) in [5.41, 5.74) is 2.12. The van der Waals surface area contributed by atoms with Gasteiger partial charge in [-0.1, -0.05) is 12.1 Å². The molecule has 4 heteroatoms. The molecular formula is C9H12N2O2. The van der Waals surface area contributed by atoms with Crippen LogP contribution in [0.3, 0.4) is 0 Å². The number of rotatable bonds is 1. The lowest BCUT2D eigenvalue weighted by molar-refractivity contribution is 0.186. The van der Waals surface area contributed by atoms with Crippen molar-refractivity contribution in [2.75, 3.05) is 13.2 Å². The van der Waals surface area contributed by atoms with Crippen molar-refractivity contribution in [3.63, 3.8) is 0 Å². The summed E-state index contributed by atoms with van der Waals surface area (Å²) in [4.78, 5) is 7.07. The summed E-state index contributed by atoms with van der Waals surface area (Å²) >= 11 is 0. The van der Waals surface area contributed by atoms with Crippen LogP contribution >= 0.6 is 0 Å². The van der Waals surface area contributed by atoms with Crippen LogP contribution in [0.4, 0.5) is 0 Å². The molecule has 0 atom stereocenters. The zero-order chi connectivity index (χ0) is 9.52. The first-order valence-corrected chi connectivity index (χ1v) is 3.98. The molecule has 2 rings (SSSR count). The molecule has 0 amide bonds. The van der Waals surface area contributed by atoms with Gasteiger partial charge in [0.05, 0.1) is 30.6 Å². The Kier molecular flexibility index (Phi) is 3.95. The maximum Gasteiger partial charge on any atom is 0.0931 e. The molecule has 0 fully saturated rings. The van der Waals surface area contributed by atoms with E-state index in [-0.39, 0.29) is 13.2 Å². The summed E-state index contributed by atoms with van der Waals surface area (Å²) in [6.45, 7) is -0.250. The first kappa shape index (κ1) is 9.70. The predicted molar refractivity (Wildman–Crippen MR) is 50.3 cm³/mol. The number of aromatic amines is 1. The van der Waals surface area contributed by atoms with Crippen LogP contribution < -0.4 is 0 Å². The van der Waals surface area contributed by atoms with E-state index in [2.05, 4.69) is 9.97 Å². The number of benzene rings is 1. The fourth-order valence-corrected chi connectivity index (χ4v) is 0.880. The molecule has 70 valence electrons. The average Bonchev–Trinajstić information content (AvgIpc) is 2.66. The number of nitrogens with one attached hydrogen (secondary N) is 1. The standard InChI is InChI=1S/C7H6N2.C2H6O2/c1-2-4-7-6(3-1)8-5-9-7;3-1-2-4/h1-5H,(H,8,9);3-4H,1-2H2. The Bertz CT molecular complexity index is 314. The summed E-state index contributed by atoms with van der Waals surface area (Å²) < 4.78 is 0. The molecule has 1 aromatic heterocycles. The van der Waals surface area contributed by atoms with Crippen LogP contribution in [0.1, 0.15) is 0 Å². The number of hydrogen-bond donors (Lipinski definition) is 3. The van der Waals surface area contributed by atoms with E-state index in [1.165, 1.54) is 0 Å². The molecule has 1 heterocycles. The highest BCUT2D eigenvalue weighted by atomic mass is 16.3. The first-order valence-electron chi connectivity index (χ1n) is 3.98. The van der Waals surface area contributed by atoms with Crippen LogP contribution in [0.5, 0.6) is 0 Å². The molecular weight excluding hydrogens is 168 g/mol. The number of fused-ring (bicyclic) bond motifs is 1. The van der Waals surface area contributed by atoms with Gasteiger partial charge in [0.1, 0.15) is 0 Å². The molecule has 0 radical (unpaired) electrons. The molecule has 0 unspecified atom stereocenters. The average molecular weight is 180 g/mol. The van der Waals surface area contributed by atoms with Gasteiger partial charge in [-0.25, -0.2) is 4.98 Å². The Balaban J connectivity index is 0.000000184. The number of aliphatic hydroxyl groups excluding tert-OH is 2. The van der Waals surface area contributed by atoms with E-state index < -0.39 is 0 Å². The van der Waals surface area contributed by atoms with Gasteiger partial charge >= 0.3 is 0 Å². The summed E-state index contributed by atoms with van der Waals surface area (Å²) in [6.07, 6.45) is 1.70. The number of para-hydroxylation sites is 2. The topological polar surface area (TPSA) is 69.1 Å². The monoisotopic (exact) mass is 180 g/mol. The van der Waals surface area contributed by atoms with Gasteiger partial charge in [0, 0.05) is 0 Å². The number of imidazole rings is 1. The van der Waals surface area contributed by atoms with Gasteiger partial charge in [-0.15, -0.1) is 0 Å². The van der Waals surface area contributed by atoms with Gasteiger partial charge in [0.25, 0.3) is 0 Å². The predicted octanol–water partition coefficient (Wildman–Crippen LogP) is 0.534. The zero-order valence-electron chi connectivity index (χ0n) is 7.14. The minimum absolute atomic E-state index is 0.125. The fraction of sp³-hybridized carbons (Fsp3) is 0.222. The molecule has 0 saturated carbocycles. The smallest absolute Gasteiger partial charge is 0.0931 e. The number of aromatic nitrogens is 2. The Morgan fingerprint density at radius 3 is 2.46 bits per heavy atom. The summed E-state index contributed by atoms with van der Waals surface area (Å²) in [5, 5.41) is 15.2. The van der Waals surface area contributed by atoms with Gasteiger partial charge < -0.3 is 15.2 Å². The molecule has 0 aliphatic heterocycles. The highest BCUT2D eigenvalue weighted by molar-refractivity contribution is 5.73. The number of aliphatic hydroxyl groups is 2. The minimum Gasteiger partial charge on any atom is -0.394 e. The van der Waals surface area contributed by atoms with Gasteiger partial charge in [0.15, 0.2) is 0 Å². The van der Waals surface area contributed by atoms with Gasteiger partial charge in [-0.2, -0.15) is 0 Å². The maximum atomic E-state index is 7.62. The number of H-pyrrole nitrogens is 1. The van der Waals surface area contributed by atoms with Gasteiger partial charge in [-0.05, 0) is 12.1 Å². The van der Waals surface area contributed by atoms with E-state index in [1.54, 1.807) is 6.33 Å². The van der Waals surface area contributed by atoms with Crippen LogP contribution in [0.25, 0.3) is 11.0 Å². The Hall–Kier alpha value is -1.39. The van der Waals surface area contributed by atoms with Crippen molar-refractivity contribution in [1.29, 1.82) is 0 Å². The third-order valence-electron chi connectivity index (χ3n) is 1.43. The minimum atomic E-state index is -0.125. The molecule has 13 heavy (non-hydrogen) atoms. The molecule has 0 aliphatic rings. The van der Waals surface area contributed by atoms with Crippen LogP contribution in [0, 0.1) is 0 Å². The van der Waals surface area contributed by atoms with Gasteiger partial charge in [-0.3, -0.25) is 0 Å². The molecule has 0 saturated heterocycles. The van der Waals surface area contributed by atoms with Crippen molar-refractivity contribution in [3.8, 4) is 0 Å². The number of hydrogen-bond acceptors (Lipinski definition) is 3. The quantitative estimate of drug-likeness (QED) is 0.599. The van der Waals surface area contributed by atoms with E-state index in [4.69, 9.17) is 10.2 Å². The molecule has 2 aromatic rings. The van der Waals surface area contributed by atoms with Crippen molar-refractivity contribution in [1.82, 2.24) is 9.97 Å². The second-order valence-corrected chi connectivity index (χ2v) is 2.37. The van der Waals surface area contributed by atoms with Crippen LogP contribution in [-0.2, 0) is 0 Å². The third kappa shape index (κ3) is 2.85. The SMILES string of the molecule is OCCO.c1ccc2[nH]cnc2c1. The Morgan fingerprint density at radius 2 is 1.85 bits per heavy atom. The van der Waals surface area contributed by atoms with Crippen LogP contribution in [0.15, 0.2) is 30.6 Å². The molecule has 4 nitrogen and oxygen atoms in total. The molecule has 3 N–H and O–H groups in total. The van der Waals surface area contributed by atoms with E-state index >= 15 is 0 Å². The summed E-state index contributed by atoms with van der Waals surface area (Å²) in [5.74, 6) is 0. The Morgan fingerprint density at radius 1 is 1.15 bits per heavy atom. The molecule has 0 aliphatic carbocycles. The zero-order valence-corrected chi connectivity index (χ0v) is 7.14. The molecule has 0 spiro atoms. The lowest BCUT2D eigenvalue weighted by Crippen LogP contribution is -1.85. The van der Waals surface area contributed by atoms with Crippen molar-refractivity contribution < 1.29 is 10.2 Å². The molecule has 1 aromatic carbocycles. The van der Waals surface area contributed by atoms with E-state index in [9.17, 15) is 0 Å². The van der Waals surface area contributed by atoms with Gasteiger partial charge in [0.2, 0.25) is 0 Å². The first-order chi connectivity index (χ1) is 6.38. The number of nitrogens with zero attached hydrogens (tertiary/aromatic N) is 1. The third-order valence-corrected chi connectivity index (χ3v) is 1.43. The lowest BCUT2D eigenvalue weighted by Gasteiger charge is -1.81. The second kappa shape index (κ2) is 5.29. The maximum absolute atomic E-state index is 7.62. The largest absolute Gasteiger partial charge is 0.394 e. The van der Waals surface area contributed by atoms with Crippen molar-refractivity contribution >= 4 is 11.0 Å². The highest BCUT2D eigenvalue weighted by Gasteiger charge is 1.88. The van der Waals surface area contributed by atoms with Crippen molar-refractivity contribution in [2.45, 2.75) is 0 Å². The second-order valence-electron chi connectivity index (χ2n) is 2.37. The van der Waals surface area contributed by atoms with E-state index in [0.717, 1.165) is 11.0 Å². The summed E-state index contributed by atoms with van der Waals surface area (Å²) in [6, 6.07) is 7.94. The normalized spacial score (nSPS) is 9.38. The Labute approximate surface area is 75.9 Å². The van der Waals surface area contributed by atoms with Crippen molar-refractivity contribution in [2.24, 2.45) is 0 Å². The fourth-order valence-electron chi connectivity index (χ4n) is 0.880.